The second-order valence-corrected chi connectivity index (χ2v) is 4.69. The van der Waals surface area contributed by atoms with Crippen LogP contribution >= 0.6 is 11.6 Å². The van der Waals surface area contributed by atoms with Crippen molar-refractivity contribution in [2.75, 3.05) is 5.32 Å². The van der Waals surface area contributed by atoms with Crippen molar-refractivity contribution in [1.82, 2.24) is 0 Å². The number of rotatable bonds is 4. The highest BCUT2D eigenvalue weighted by Crippen LogP contribution is 2.23. The molecule has 0 unspecified atom stereocenters. The van der Waals surface area contributed by atoms with E-state index in [9.17, 15) is 0 Å². The first-order valence-electron chi connectivity index (χ1n) is 6.25. The number of hydrogen-bond donors (Lipinski definition) is 1. The van der Waals surface area contributed by atoms with Crippen molar-refractivity contribution in [3.63, 3.8) is 0 Å². The van der Waals surface area contributed by atoms with E-state index in [2.05, 4.69) is 30.4 Å². The standard InChI is InChI=1S/C16H15ClN2/c1-2-13-5-3-4-6-14(13)11-19-16-9-12(10-18)7-8-15(16)17/h3-9,19H,2,11H2,1H3. The van der Waals surface area contributed by atoms with Gasteiger partial charge in [0.05, 0.1) is 22.3 Å². The van der Waals surface area contributed by atoms with Crippen molar-refractivity contribution in [1.29, 1.82) is 5.26 Å². The SMILES string of the molecule is CCc1ccccc1CNc1cc(C#N)ccc1Cl. The summed E-state index contributed by atoms with van der Waals surface area (Å²) in [5.74, 6) is 0. The highest BCUT2D eigenvalue weighted by molar-refractivity contribution is 6.33. The second kappa shape index (κ2) is 6.26. The van der Waals surface area contributed by atoms with Crippen LogP contribution in [0.3, 0.4) is 0 Å². The van der Waals surface area contributed by atoms with Crippen LogP contribution in [0.25, 0.3) is 0 Å². The maximum Gasteiger partial charge on any atom is 0.0992 e. The van der Waals surface area contributed by atoms with Gasteiger partial charge in [-0.2, -0.15) is 5.26 Å². The minimum atomic E-state index is 0.607. The van der Waals surface area contributed by atoms with Gasteiger partial charge in [-0.05, 0) is 35.7 Å². The molecule has 2 aromatic rings. The maximum absolute atomic E-state index is 8.90. The van der Waals surface area contributed by atoms with Gasteiger partial charge in [-0.15, -0.1) is 0 Å². The molecule has 3 heteroatoms. The first-order valence-corrected chi connectivity index (χ1v) is 6.62. The molecule has 0 aliphatic rings. The maximum atomic E-state index is 8.90. The first-order chi connectivity index (χ1) is 9.24. The lowest BCUT2D eigenvalue weighted by atomic mass is 10.1. The fourth-order valence-corrected chi connectivity index (χ4v) is 2.18. The van der Waals surface area contributed by atoms with Crippen molar-refractivity contribution in [3.05, 3.63) is 64.2 Å². The van der Waals surface area contributed by atoms with Crippen LogP contribution in [-0.4, -0.2) is 0 Å². The van der Waals surface area contributed by atoms with Crippen LogP contribution in [0.5, 0.6) is 0 Å². The molecule has 0 aliphatic carbocycles. The van der Waals surface area contributed by atoms with E-state index in [4.69, 9.17) is 16.9 Å². The molecule has 96 valence electrons. The van der Waals surface area contributed by atoms with Crippen LogP contribution in [-0.2, 0) is 13.0 Å². The van der Waals surface area contributed by atoms with E-state index in [1.165, 1.54) is 11.1 Å². The number of anilines is 1. The molecule has 0 atom stereocenters. The monoisotopic (exact) mass is 270 g/mol. The summed E-state index contributed by atoms with van der Waals surface area (Å²) in [6.07, 6.45) is 1.00. The van der Waals surface area contributed by atoms with E-state index in [0.717, 1.165) is 12.1 Å². The Hall–Kier alpha value is -1.98. The average molecular weight is 271 g/mol. The van der Waals surface area contributed by atoms with E-state index in [1.54, 1.807) is 18.2 Å². The van der Waals surface area contributed by atoms with Crippen molar-refractivity contribution < 1.29 is 0 Å². The highest BCUT2D eigenvalue weighted by atomic mass is 35.5. The summed E-state index contributed by atoms with van der Waals surface area (Å²) < 4.78 is 0. The molecule has 2 aromatic carbocycles. The Bertz CT molecular complexity index is 614. The third-order valence-electron chi connectivity index (χ3n) is 3.06. The number of halogens is 1. The fourth-order valence-electron chi connectivity index (χ4n) is 2.00. The topological polar surface area (TPSA) is 35.8 Å². The van der Waals surface area contributed by atoms with E-state index in [-0.39, 0.29) is 0 Å². The van der Waals surface area contributed by atoms with Crippen LogP contribution in [0.4, 0.5) is 5.69 Å². The zero-order chi connectivity index (χ0) is 13.7. The van der Waals surface area contributed by atoms with Crippen molar-refractivity contribution in [2.45, 2.75) is 19.9 Å². The molecule has 0 radical (unpaired) electrons. The molecular formula is C16H15ClN2. The van der Waals surface area contributed by atoms with Crippen LogP contribution in [0, 0.1) is 11.3 Å². The second-order valence-electron chi connectivity index (χ2n) is 4.28. The average Bonchev–Trinajstić information content (AvgIpc) is 2.46. The Labute approximate surface area is 118 Å². The lowest BCUT2D eigenvalue weighted by molar-refractivity contribution is 1.04. The number of aryl methyl sites for hydroxylation is 1. The molecule has 0 fully saturated rings. The van der Waals surface area contributed by atoms with Crippen LogP contribution < -0.4 is 5.32 Å². The summed E-state index contributed by atoms with van der Waals surface area (Å²) in [5, 5.41) is 12.8. The number of nitriles is 1. The summed E-state index contributed by atoms with van der Waals surface area (Å²) >= 11 is 6.12. The normalized spacial score (nSPS) is 9.95. The summed E-state index contributed by atoms with van der Waals surface area (Å²) in [6, 6.07) is 15.7. The third kappa shape index (κ3) is 3.27. The van der Waals surface area contributed by atoms with Gasteiger partial charge in [-0.25, -0.2) is 0 Å². The molecule has 2 rings (SSSR count). The molecular weight excluding hydrogens is 256 g/mol. The molecule has 0 aliphatic heterocycles. The van der Waals surface area contributed by atoms with Crippen molar-refractivity contribution >= 4 is 17.3 Å². The molecule has 2 nitrogen and oxygen atoms in total. The Balaban J connectivity index is 2.17. The molecule has 19 heavy (non-hydrogen) atoms. The van der Waals surface area contributed by atoms with Crippen molar-refractivity contribution in [3.8, 4) is 6.07 Å². The molecule has 1 N–H and O–H groups in total. The van der Waals surface area contributed by atoms with E-state index in [1.807, 2.05) is 12.1 Å². The molecule has 0 amide bonds. The quantitative estimate of drug-likeness (QED) is 0.895. The van der Waals surface area contributed by atoms with Gasteiger partial charge >= 0.3 is 0 Å². The minimum Gasteiger partial charge on any atom is -0.380 e. The number of hydrogen-bond acceptors (Lipinski definition) is 2. The zero-order valence-electron chi connectivity index (χ0n) is 10.8. The van der Waals surface area contributed by atoms with Gasteiger partial charge in [0.2, 0.25) is 0 Å². The van der Waals surface area contributed by atoms with E-state index < -0.39 is 0 Å². The predicted molar refractivity (Wildman–Crippen MR) is 79.3 cm³/mol. The van der Waals surface area contributed by atoms with Gasteiger partial charge in [0.25, 0.3) is 0 Å². The Morgan fingerprint density at radius 3 is 2.58 bits per heavy atom. The summed E-state index contributed by atoms with van der Waals surface area (Å²) in [6.45, 7) is 2.85. The number of nitrogens with one attached hydrogen (secondary N) is 1. The molecule has 0 bridgehead atoms. The smallest absolute Gasteiger partial charge is 0.0992 e. The molecule has 0 saturated heterocycles. The van der Waals surface area contributed by atoms with Gasteiger partial charge in [0, 0.05) is 6.54 Å². The van der Waals surface area contributed by atoms with Gasteiger partial charge in [0.1, 0.15) is 0 Å². The van der Waals surface area contributed by atoms with Gasteiger partial charge in [-0.1, -0.05) is 42.8 Å². The number of benzene rings is 2. The summed E-state index contributed by atoms with van der Waals surface area (Å²) in [5.41, 5.74) is 3.98. The van der Waals surface area contributed by atoms with Crippen LogP contribution in [0.2, 0.25) is 5.02 Å². The fraction of sp³-hybridized carbons (Fsp3) is 0.188. The van der Waals surface area contributed by atoms with Gasteiger partial charge < -0.3 is 5.32 Å². The third-order valence-corrected chi connectivity index (χ3v) is 3.39. The highest BCUT2D eigenvalue weighted by Gasteiger charge is 2.04. The van der Waals surface area contributed by atoms with Crippen LogP contribution in [0.1, 0.15) is 23.6 Å². The van der Waals surface area contributed by atoms with E-state index >= 15 is 0 Å². The predicted octanol–water partition coefficient (Wildman–Crippen LogP) is 4.39. The van der Waals surface area contributed by atoms with Gasteiger partial charge in [0.15, 0.2) is 0 Å². The number of nitrogens with zero attached hydrogens (tertiary/aromatic N) is 1. The Morgan fingerprint density at radius 1 is 1.16 bits per heavy atom. The molecule has 0 heterocycles. The lowest BCUT2D eigenvalue weighted by Gasteiger charge is -2.11. The Kier molecular flexibility index (Phi) is 4.43. The molecule has 0 spiro atoms. The Morgan fingerprint density at radius 2 is 1.89 bits per heavy atom. The minimum absolute atomic E-state index is 0.607. The first kappa shape index (κ1) is 13.5. The molecule has 0 aromatic heterocycles. The lowest BCUT2D eigenvalue weighted by Crippen LogP contribution is -2.03. The summed E-state index contributed by atoms with van der Waals surface area (Å²) in [4.78, 5) is 0. The largest absolute Gasteiger partial charge is 0.380 e. The van der Waals surface area contributed by atoms with Crippen molar-refractivity contribution in [2.24, 2.45) is 0 Å². The summed E-state index contributed by atoms with van der Waals surface area (Å²) in [7, 11) is 0. The van der Waals surface area contributed by atoms with Crippen LogP contribution in [0.15, 0.2) is 42.5 Å². The van der Waals surface area contributed by atoms with E-state index in [0.29, 0.717) is 17.1 Å². The van der Waals surface area contributed by atoms with Gasteiger partial charge in [-0.3, -0.25) is 0 Å². The zero-order valence-corrected chi connectivity index (χ0v) is 11.5. The molecule has 0 saturated carbocycles.